The van der Waals surface area contributed by atoms with Crippen molar-refractivity contribution in [2.24, 2.45) is 0 Å². The molecule has 4 heteroatoms. The second-order valence-corrected chi connectivity index (χ2v) is 4.78. The van der Waals surface area contributed by atoms with Crippen LogP contribution in [0, 0.1) is 0 Å². The molecule has 0 saturated heterocycles. The van der Waals surface area contributed by atoms with Gasteiger partial charge in [0.15, 0.2) is 0 Å². The van der Waals surface area contributed by atoms with Gasteiger partial charge < -0.3 is 5.11 Å². The Hall–Kier alpha value is -0.610. The maximum atomic E-state index is 10.8. The lowest BCUT2D eigenvalue weighted by atomic mass is 9.92. The van der Waals surface area contributed by atoms with Gasteiger partial charge in [0.05, 0.1) is 5.25 Å². The minimum atomic E-state index is -0.858. The Morgan fingerprint density at radius 1 is 1.31 bits per heavy atom. The van der Waals surface area contributed by atoms with E-state index in [2.05, 4.69) is 25.3 Å². The zero-order chi connectivity index (χ0) is 12.0. The van der Waals surface area contributed by atoms with Gasteiger partial charge in [-0.05, 0) is 30.1 Å². The topological polar surface area (TPSA) is 37.3 Å². The van der Waals surface area contributed by atoms with Crippen LogP contribution < -0.4 is 0 Å². The Morgan fingerprint density at radius 2 is 1.94 bits per heavy atom. The van der Waals surface area contributed by atoms with Crippen LogP contribution in [0.1, 0.15) is 24.3 Å². The molecule has 2 nitrogen and oxygen atoms in total. The van der Waals surface area contributed by atoms with E-state index >= 15 is 0 Å². The summed E-state index contributed by atoms with van der Waals surface area (Å²) in [6.45, 7) is 0. The number of hydrogen-bond acceptors (Lipinski definition) is 3. The van der Waals surface area contributed by atoms with Crippen LogP contribution >= 0.6 is 25.3 Å². The fourth-order valence-electron chi connectivity index (χ4n) is 1.67. The molecule has 0 bridgehead atoms. The van der Waals surface area contributed by atoms with Crippen LogP contribution in [-0.4, -0.2) is 22.1 Å². The molecule has 0 saturated carbocycles. The molecule has 0 aliphatic carbocycles. The van der Waals surface area contributed by atoms with Crippen LogP contribution in [0.4, 0.5) is 0 Å². The Bertz CT molecular complexity index is 327. The van der Waals surface area contributed by atoms with E-state index in [9.17, 15) is 4.79 Å². The SMILES string of the molecule is O=C(O)C(S)CC(CCS)c1ccccc1. The smallest absolute Gasteiger partial charge is 0.316 e. The summed E-state index contributed by atoms with van der Waals surface area (Å²) in [6.07, 6.45) is 1.42. The summed E-state index contributed by atoms with van der Waals surface area (Å²) in [6, 6.07) is 9.94. The normalized spacial score (nSPS) is 14.4. The molecule has 2 atom stereocenters. The summed E-state index contributed by atoms with van der Waals surface area (Å²) < 4.78 is 0. The fourth-order valence-corrected chi connectivity index (χ4v) is 2.24. The number of aliphatic carboxylic acids is 1. The van der Waals surface area contributed by atoms with Crippen molar-refractivity contribution in [2.45, 2.75) is 24.0 Å². The monoisotopic (exact) mass is 256 g/mol. The van der Waals surface area contributed by atoms with Gasteiger partial charge in [-0.2, -0.15) is 25.3 Å². The first kappa shape index (κ1) is 13.5. The first-order valence-corrected chi connectivity index (χ1v) is 6.36. The highest BCUT2D eigenvalue weighted by molar-refractivity contribution is 7.81. The van der Waals surface area contributed by atoms with Gasteiger partial charge in [0.25, 0.3) is 0 Å². The van der Waals surface area contributed by atoms with Crippen molar-refractivity contribution in [1.29, 1.82) is 0 Å². The summed E-state index contributed by atoms with van der Waals surface area (Å²) in [5.74, 6) is 0.111. The van der Waals surface area contributed by atoms with Crippen LogP contribution in [0.15, 0.2) is 30.3 Å². The molecule has 0 aliphatic heterocycles. The molecule has 0 amide bonds. The highest BCUT2D eigenvalue weighted by atomic mass is 32.1. The lowest BCUT2D eigenvalue weighted by Crippen LogP contribution is -2.17. The molecule has 0 heterocycles. The van der Waals surface area contributed by atoms with Gasteiger partial charge in [0.2, 0.25) is 0 Å². The molecule has 1 rings (SSSR count). The summed E-state index contributed by atoms with van der Waals surface area (Å²) in [5, 5.41) is 8.24. The summed E-state index contributed by atoms with van der Waals surface area (Å²) in [7, 11) is 0. The predicted molar refractivity (Wildman–Crippen MR) is 72.7 cm³/mol. The van der Waals surface area contributed by atoms with Crippen molar-refractivity contribution in [3.63, 3.8) is 0 Å². The number of thiol groups is 2. The molecule has 1 aromatic rings. The highest BCUT2D eigenvalue weighted by Crippen LogP contribution is 2.27. The molecular formula is C12H16O2S2. The number of carbonyl (C=O) groups is 1. The molecule has 0 fully saturated rings. The fraction of sp³-hybridized carbons (Fsp3) is 0.417. The second-order valence-electron chi connectivity index (χ2n) is 3.71. The van der Waals surface area contributed by atoms with E-state index in [1.165, 1.54) is 0 Å². The summed E-state index contributed by atoms with van der Waals surface area (Å²) in [4.78, 5) is 10.8. The van der Waals surface area contributed by atoms with Crippen LogP contribution in [-0.2, 0) is 4.79 Å². The molecule has 0 radical (unpaired) electrons. The standard InChI is InChI=1S/C12H16O2S2/c13-12(14)11(16)8-10(6-7-15)9-4-2-1-3-5-9/h1-5,10-11,15-16H,6-8H2,(H,13,14). The highest BCUT2D eigenvalue weighted by Gasteiger charge is 2.19. The lowest BCUT2D eigenvalue weighted by molar-refractivity contribution is -0.136. The number of hydrogen-bond donors (Lipinski definition) is 3. The Morgan fingerprint density at radius 3 is 2.44 bits per heavy atom. The van der Waals surface area contributed by atoms with Crippen LogP contribution in [0.2, 0.25) is 0 Å². The minimum absolute atomic E-state index is 0.220. The maximum absolute atomic E-state index is 10.8. The zero-order valence-corrected chi connectivity index (χ0v) is 10.7. The number of carboxylic acid groups (broad SMARTS) is 1. The largest absolute Gasteiger partial charge is 0.480 e. The van der Waals surface area contributed by atoms with Crippen molar-refractivity contribution in [3.8, 4) is 0 Å². The minimum Gasteiger partial charge on any atom is -0.480 e. The number of carboxylic acids is 1. The first-order chi connectivity index (χ1) is 7.65. The van der Waals surface area contributed by atoms with Crippen LogP contribution in [0.3, 0.4) is 0 Å². The Kier molecular flexibility index (Phi) is 5.77. The predicted octanol–water partition coefficient (Wildman–Crippen LogP) is 2.86. The van der Waals surface area contributed by atoms with E-state index < -0.39 is 11.2 Å². The van der Waals surface area contributed by atoms with Crippen molar-refractivity contribution in [3.05, 3.63) is 35.9 Å². The van der Waals surface area contributed by atoms with Crippen molar-refractivity contribution in [1.82, 2.24) is 0 Å². The third-order valence-corrected chi connectivity index (χ3v) is 3.23. The van der Waals surface area contributed by atoms with Crippen LogP contribution in [0.25, 0.3) is 0 Å². The molecule has 16 heavy (non-hydrogen) atoms. The average molecular weight is 256 g/mol. The van der Waals surface area contributed by atoms with Gasteiger partial charge in [-0.1, -0.05) is 30.3 Å². The third-order valence-electron chi connectivity index (χ3n) is 2.54. The van der Waals surface area contributed by atoms with Crippen molar-refractivity contribution < 1.29 is 9.90 Å². The number of benzene rings is 1. The van der Waals surface area contributed by atoms with Crippen molar-refractivity contribution in [2.75, 3.05) is 5.75 Å². The van der Waals surface area contributed by atoms with E-state index in [4.69, 9.17) is 5.11 Å². The molecular weight excluding hydrogens is 240 g/mol. The molecule has 2 unspecified atom stereocenters. The van der Waals surface area contributed by atoms with Gasteiger partial charge in [0, 0.05) is 0 Å². The van der Waals surface area contributed by atoms with Crippen LogP contribution in [0.5, 0.6) is 0 Å². The summed E-state index contributed by atoms with van der Waals surface area (Å²) in [5.41, 5.74) is 1.16. The van der Waals surface area contributed by atoms with E-state index in [1.807, 2.05) is 30.3 Å². The second kappa shape index (κ2) is 6.86. The van der Waals surface area contributed by atoms with Gasteiger partial charge in [0.1, 0.15) is 0 Å². The van der Waals surface area contributed by atoms with Gasteiger partial charge in [-0.15, -0.1) is 0 Å². The molecule has 0 aliphatic rings. The van der Waals surface area contributed by atoms with E-state index in [0.29, 0.717) is 6.42 Å². The van der Waals surface area contributed by atoms with E-state index in [0.717, 1.165) is 17.7 Å². The average Bonchev–Trinajstić information content (AvgIpc) is 2.29. The van der Waals surface area contributed by atoms with Crippen molar-refractivity contribution >= 4 is 31.2 Å². The van der Waals surface area contributed by atoms with E-state index in [-0.39, 0.29) is 5.92 Å². The Balaban J connectivity index is 2.72. The molecule has 1 aromatic carbocycles. The quantitative estimate of drug-likeness (QED) is 0.685. The third kappa shape index (κ3) is 4.10. The Labute approximate surface area is 107 Å². The molecule has 88 valence electrons. The van der Waals surface area contributed by atoms with Gasteiger partial charge in [-0.25, -0.2) is 0 Å². The number of rotatable bonds is 6. The molecule has 0 aromatic heterocycles. The zero-order valence-electron chi connectivity index (χ0n) is 8.91. The summed E-state index contributed by atoms with van der Waals surface area (Å²) >= 11 is 8.29. The first-order valence-electron chi connectivity index (χ1n) is 5.21. The molecule has 0 spiro atoms. The lowest BCUT2D eigenvalue weighted by Gasteiger charge is -2.18. The maximum Gasteiger partial charge on any atom is 0.316 e. The van der Waals surface area contributed by atoms with Gasteiger partial charge >= 0.3 is 5.97 Å². The molecule has 1 N–H and O–H groups in total. The van der Waals surface area contributed by atoms with Gasteiger partial charge in [-0.3, -0.25) is 4.79 Å². The van der Waals surface area contributed by atoms with E-state index in [1.54, 1.807) is 0 Å².